The van der Waals surface area contributed by atoms with Crippen LogP contribution in [0.1, 0.15) is 34.9 Å². The third-order valence-electron chi connectivity index (χ3n) is 4.51. The number of amides is 1. The Morgan fingerprint density at radius 2 is 2.25 bits per heavy atom. The number of carbonyl (C=O) groups is 1. The molecular weight excluding hydrogens is 386 g/mol. The molecule has 0 radical (unpaired) electrons. The first-order valence-corrected chi connectivity index (χ1v) is 9.53. The Morgan fingerprint density at radius 1 is 1.39 bits per heavy atom. The number of hydrogen-bond donors (Lipinski definition) is 0. The number of halogens is 1. The largest absolute Gasteiger partial charge is 0.496 e. The maximum Gasteiger partial charge on any atom is 0.257 e. The lowest BCUT2D eigenvalue weighted by atomic mass is 10.1. The average Bonchev–Trinajstić information content (AvgIpc) is 3.15. The molecule has 152 valence electrons. The zero-order valence-electron chi connectivity index (χ0n) is 16.0. The van der Waals surface area contributed by atoms with Crippen molar-refractivity contribution in [1.29, 1.82) is 0 Å². The fourth-order valence-electron chi connectivity index (χ4n) is 3.17. The van der Waals surface area contributed by atoms with Gasteiger partial charge in [0.15, 0.2) is 5.82 Å². The second-order valence-electron chi connectivity index (χ2n) is 6.52. The van der Waals surface area contributed by atoms with Gasteiger partial charge < -0.3 is 23.6 Å². The van der Waals surface area contributed by atoms with E-state index in [0.29, 0.717) is 60.8 Å². The molecule has 2 aromatic rings. The van der Waals surface area contributed by atoms with Gasteiger partial charge in [0.05, 0.1) is 25.4 Å². The van der Waals surface area contributed by atoms with Crippen LogP contribution in [0.2, 0.25) is 5.02 Å². The predicted molar refractivity (Wildman–Crippen MR) is 102 cm³/mol. The smallest absolute Gasteiger partial charge is 0.257 e. The molecule has 1 fully saturated rings. The van der Waals surface area contributed by atoms with Crippen LogP contribution in [0.25, 0.3) is 0 Å². The second-order valence-corrected chi connectivity index (χ2v) is 6.95. The van der Waals surface area contributed by atoms with Gasteiger partial charge in [-0.15, -0.1) is 0 Å². The number of benzene rings is 1. The maximum absolute atomic E-state index is 12.9. The van der Waals surface area contributed by atoms with E-state index in [4.69, 9.17) is 30.3 Å². The SMILES string of the molecule is COCc1nc(CCOC2CCCN(C(=O)c3cc(Cl)ccc3OC)C2)no1. The van der Waals surface area contributed by atoms with Gasteiger partial charge in [-0.2, -0.15) is 4.98 Å². The summed E-state index contributed by atoms with van der Waals surface area (Å²) in [7, 11) is 3.11. The molecule has 0 N–H and O–H groups in total. The molecule has 1 aliphatic heterocycles. The zero-order valence-corrected chi connectivity index (χ0v) is 16.8. The Morgan fingerprint density at radius 3 is 3.04 bits per heavy atom. The van der Waals surface area contributed by atoms with Crippen molar-refractivity contribution in [3.63, 3.8) is 0 Å². The minimum absolute atomic E-state index is 0.0341. The van der Waals surface area contributed by atoms with Gasteiger partial charge in [0.2, 0.25) is 0 Å². The van der Waals surface area contributed by atoms with Crippen LogP contribution in [0.4, 0.5) is 0 Å². The molecule has 1 aromatic carbocycles. The standard InChI is InChI=1S/C19H24ClN3O5/c1-25-12-18-21-17(22-28-18)7-9-27-14-4-3-8-23(11-14)19(24)15-10-13(20)5-6-16(15)26-2/h5-6,10,14H,3-4,7-9,11-12H2,1-2H3. The third kappa shape index (κ3) is 5.21. The topological polar surface area (TPSA) is 86.9 Å². The maximum atomic E-state index is 12.9. The Bertz CT molecular complexity index is 798. The molecule has 1 unspecified atom stereocenters. The highest BCUT2D eigenvalue weighted by molar-refractivity contribution is 6.31. The molecule has 0 spiro atoms. The van der Waals surface area contributed by atoms with Gasteiger partial charge in [0, 0.05) is 31.6 Å². The minimum Gasteiger partial charge on any atom is -0.496 e. The van der Waals surface area contributed by atoms with Crippen molar-refractivity contribution < 1.29 is 23.5 Å². The van der Waals surface area contributed by atoms with Crippen molar-refractivity contribution in [1.82, 2.24) is 15.0 Å². The number of likely N-dealkylation sites (tertiary alicyclic amines) is 1. The molecule has 9 heteroatoms. The summed E-state index contributed by atoms with van der Waals surface area (Å²) in [4.78, 5) is 18.9. The molecule has 1 amide bonds. The Balaban J connectivity index is 1.53. The van der Waals surface area contributed by atoms with E-state index in [1.54, 1.807) is 30.2 Å². The number of nitrogens with zero attached hydrogens (tertiary/aromatic N) is 3. The fourth-order valence-corrected chi connectivity index (χ4v) is 3.34. The van der Waals surface area contributed by atoms with Gasteiger partial charge in [0.1, 0.15) is 12.4 Å². The van der Waals surface area contributed by atoms with Gasteiger partial charge in [-0.25, -0.2) is 0 Å². The van der Waals surface area contributed by atoms with Gasteiger partial charge >= 0.3 is 0 Å². The van der Waals surface area contributed by atoms with Gasteiger partial charge in [0.25, 0.3) is 11.8 Å². The van der Waals surface area contributed by atoms with E-state index in [2.05, 4.69) is 10.1 Å². The summed E-state index contributed by atoms with van der Waals surface area (Å²) in [6.07, 6.45) is 2.28. The molecule has 1 aromatic heterocycles. The molecule has 1 saturated heterocycles. The highest BCUT2D eigenvalue weighted by Gasteiger charge is 2.27. The summed E-state index contributed by atoms with van der Waals surface area (Å²) in [6, 6.07) is 5.05. The van der Waals surface area contributed by atoms with E-state index in [1.807, 2.05) is 0 Å². The summed E-state index contributed by atoms with van der Waals surface area (Å²) in [5, 5.41) is 4.39. The highest BCUT2D eigenvalue weighted by Crippen LogP contribution is 2.25. The van der Waals surface area contributed by atoms with Crippen LogP contribution in [0.3, 0.4) is 0 Å². The lowest BCUT2D eigenvalue weighted by molar-refractivity contribution is 0.00242. The van der Waals surface area contributed by atoms with Gasteiger partial charge in [-0.1, -0.05) is 16.8 Å². The normalized spacial score (nSPS) is 17.0. The first kappa shape index (κ1) is 20.6. The van der Waals surface area contributed by atoms with Crippen molar-refractivity contribution in [3.8, 4) is 5.75 Å². The molecule has 0 saturated carbocycles. The van der Waals surface area contributed by atoms with Crippen molar-refractivity contribution >= 4 is 17.5 Å². The van der Waals surface area contributed by atoms with Crippen LogP contribution in [-0.2, 0) is 22.5 Å². The number of methoxy groups -OCH3 is 2. The average molecular weight is 410 g/mol. The summed E-state index contributed by atoms with van der Waals surface area (Å²) < 4.78 is 21.3. The lowest BCUT2D eigenvalue weighted by Gasteiger charge is -2.33. The monoisotopic (exact) mass is 409 g/mol. The van der Waals surface area contributed by atoms with Crippen molar-refractivity contribution in [2.24, 2.45) is 0 Å². The summed E-state index contributed by atoms with van der Waals surface area (Å²) in [5.74, 6) is 1.44. The summed E-state index contributed by atoms with van der Waals surface area (Å²) in [5.41, 5.74) is 0.466. The molecule has 0 aliphatic carbocycles. The van der Waals surface area contributed by atoms with E-state index < -0.39 is 0 Å². The van der Waals surface area contributed by atoms with E-state index in [0.717, 1.165) is 12.8 Å². The zero-order chi connectivity index (χ0) is 19.9. The van der Waals surface area contributed by atoms with Gasteiger partial charge in [-0.05, 0) is 31.0 Å². The number of rotatable bonds is 8. The van der Waals surface area contributed by atoms with E-state index in [-0.39, 0.29) is 12.0 Å². The third-order valence-corrected chi connectivity index (χ3v) is 4.75. The Kier molecular flexibility index (Phi) is 7.24. The summed E-state index contributed by atoms with van der Waals surface area (Å²) >= 11 is 6.06. The van der Waals surface area contributed by atoms with Crippen LogP contribution in [0.5, 0.6) is 5.75 Å². The molecule has 2 heterocycles. The Hall–Kier alpha value is -2.16. The van der Waals surface area contributed by atoms with Crippen LogP contribution >= 0.6 is 11.6 Å². The van der Waals surface area contributed by atoms with E-state index in [9.17, 15) is 4.79 Å². The number of ether oxygens (including phenoxy) is 3. The minimum atomic E-state index is -0.102. The number of hydrogen-bond acceptors (Lipinski definition) is 7. The van der Waals surface area contributed by atoms with Crippen molar-refractivity contribution in [2.75, 3.05) is 33.9 Å². The number of carbonyl (C=O) groups excluding carboxylic acids is 1. The van der Waals surface area contributed by atoms with E-state index in [1.165, 1.54) is 7.11 Å². The molecular formula is C19H24ClN3O5. The molecule has 8 nitrogen and oxygen atoms in total. The van der Waals surface area contributed by atoms with Gasteiger partial charge in [-0.3, -0.25) is 4.79 Å². The predicted octanol–water partition coefficient (Wildman–Crippen LogP) is 2.74. The molecule has 1 atom stereocenters. The highest BCUT2D eigenvalue weighted by atomic mass is 35.5. The van der Waals surface area contributed by atoms with Crippen LogP contribution in [0.15, 0.2) is 22.7 Å². The van der Waals surface area contributed by atoms with Crippen molar-refractivity contribution in [3.05, 3.63) is 40.5 Å². The Labute approximate surface area is 168 Å². The molecule has 28 heavy (non-hydrogen) atoms. The van der Waals surface area contributed by atoms with Crippen LogP contribution in [0, 0.1) is 0 Å². The number of aromatic nitrogens is 2. The first-order chi connectivity index (χ1) is 13.6. The lowest BCUT2D eigenvalue weighted by Crippen LogP contribution is -2.43. The first-order valence-electron chi connectivity index (χ1n) is 9.15. The van der Waals surface area contributed by atoms with E-state index >= 15 is 0 Å². The summed E-state index contributed by atoms with van der Waals surface area (Å²) in [6.45, 7) is 1.95. The van der Waals surface area contributed by atoms with Crippen LogP contribution in [-0.4, -0.2) is 61.0 Å². The van der Waals surface area contributed by atoms with Crippen molar-refractivity contribution in [2.45, 2.75) is 32.0 Å². The molecule has 0 bridgehead atoms. The quantitative estimate of drug-likeness (QED) is 0.662. The number of piperidine rings is 1. The fraction of sp³-hybridized carbons (Fsp3) is 0.526. The molecule has 3 rings (SSSR count). The van der Waals surface area contributed by atoms with Crippen LogP contribution < -0.4 is 4.74 Å². The second kappa shape index (κ2) is 9.86. The molecule has 1 aliphatic rings.